The van der Waals surface area contributed by atoms with Crippen molar-refractivity contribution in [2.75, 3.05) is 7.11 Å². The normalized spacial score (nSPS) is 19.0. The molecule has 16 heavy (non-hydrogen) atoms. The zero-order valence-corrected chi connectivity index (χ0v) is 9.53. The minimum absolute atomic E-state index is 0.0787. The molecule has 0 fully saturated rings. The van der Waals surface area contributed by atoms with Gasteiger partial charge in [-0.3, -0.25) is 10.1 Å². The summed E-state index contributed by atoms with van der Waals surface area (Å²) in [7, 11) is 1.47. The quantitative estimate of drug-likeness (QED) is 0.569. The van der Waals surface area contributed by atoms with Crippen molar-refractivity contribution in [2.45, 2.75) is 32.1 Å². The molecule has 1 unspecified atom stereocenters. The van der Waals surface area contributed by atoms with Crippen molar-refractivity contribution in [3.05, 3.63) is 33.4 Å². The lowest BCUT2D eigenvalue weighted by Gasteiger charge is -2.22. The summed E-state index contributed by atoms with van der Waals surface area (Å²) in [6, 6.07) is 3.50. The molecule has 1 aromatic carbocycles. The lowest BCUT2D eigenvalue weighted by Crippen LogP contribution is -2.08. The van der Waals surface area contributed by atoms with Crippen LogP contribution < -0.4 is 4.74 Å². The standard InChI is InChI=1S/C12H15NO3/c1-8-4-3-5-9-6-12(16-2)11(13(14)15)7-10(8)9/h6-8H,3-5H2,1-2H3. The smallest absolute Gasteiger partial charge is 0.311 e. The van der Waals surface area contributed by atoms with Gasteiger partial charge in [0, 0.05) is 6.07 Å². The van der Waals surface area contributed by atoms with Crippen LogP contribution in [0.3, 0.4) is 0 Å². The van der Waals surface area contributed by atoms with Crippen molar-refractivity contribution in [1.82, 2.24) is 0 Å². The van der Waals surface area contributed by atoms with Gasteiger partial charge < -0.3 is 4.74 Å². The number of nitro benzene ring substituents is 1. The first kappa shape index (κ1) is 10.9. The first-order chi connectivity index (χ1) is 7.63. The van der Waals surface area contributed by atoms with E-state index in [4.69, 9.17) is 4.74 Å². The van der Waals surface area contributed by atoms with Crippen LogP contribution in [0.25, 0.3) is 0 Å². The first-order valence-electron chi connectivity index (χ1n) is 5.48. The molecular formula is C12H15NO3. The molecule has 0 aromatic heterocycles. The summed E-state index contributed by atoms with van der Waals surface area (Å²) in [5.41, 5.74) is 2.38. The minimum atomic E-state index is -0.375. The molecule has 0 heterocycles. The summed E-state index contributed by atoms with van der Waals surface area (Å²) < 4.78 is 5.07. The molecule has 4 nitrogen and oxygen atoms in total. The molecule has 2 rings (SSSR count). The van der Waals surface area contributed by atoms with Gasteiger partial charge in [0.1, 0.15) is 0 Å². The lowest BCUT2D eigenvalue weighted by atomic mass is 9.83. The molecule has 0 N–H and O–H groups in total. The highest BCUT2D eigenvalue weighted by molar-refractivity contribution is 5.53. The zero-order chi connectivity index (χ0) is 11.7. The maximum atomic E-state index is 10.9. The molecule has 86 valence electrons. The first-order valence-corrected chi connectivity index (χ1v) is 5.48. The van der Waals surface area contributed by atoms with Crippen LogP contribution in [0.4, 0.5) is 5.69 Å². The van der Waals surface area contributed by atoms with E-state index in [-0.39, 0.29) is 10.6 Å². The third-order valence-corrected chi connectivity index (χ3v) is 3.25. The van der Waals surface area contributed by atoms with E-state index in [1.54, 1.807) is 6.07 Å². The lowest BCUT2D eigenvalue weighted by molar-refractivity contribution is -0.385. The number of nitro groups is 1. The molecule has 1 aliphatic rings. The predicted molar refractivity (Wildman–Crippen MR) is 61.0 cm³/mol. The number of hydrogen-bond acceptors (Lipinski definition) is 3. The zero-order valence-electron chi connectivity index (χ0n) is 9.53. The molecule has 1 aromatic rings. The maximum absolute atomic E-state index is 10.9. The number of fused-ring (bicyclic) bond motifs is 1. The van der Waals surface area contributed by atoms with Crippen molar-refractivity contribution in [3.8, 4) is 5.75 Å². The Labute approximate surface area is 94.4 Å². The van der Waals surface area contributed by atoms with Gasteiger partial charge in [0.05, 0.1) is 12.0 Å². The molecular weight excluding hydrogens is 206 g/mol. The highest BCUT2D eigenvalue weighted by Crippen LogP contribution is 2.38. The second-order valence-corrected chi connectivity index (χ2v) is 4.27. The topological polar surface area (TPSA) is 52.4 Å². The third-order valence-electron chi connectivity index (χ3n) is 3.25. The van der Waals surface area contributed by atoms with E-state index < -0.39 is 0 Å². The van der Waals surface area contributed by atoms with E-state index in [0.717, 1.165) is 24.8 Å². The van der Waals surface area contributed by atoms with Crippen LogP contribution in [0.5, 0.6) is 5.75 Å². The largest absolute Gasteiger partial charge is 0.490 e. The molecule has 4 heteroatoms. The summed E-state index contributed by atoms with van der Waals surface area (Å²) in [5, 5.41) is 10.9. The third kappa shape index (κ3) is 1.75. The Hall–Kier alpha value is -1.58. The summed E-state index contributed by atoms with van der Waals surface area (Å²) >= 11 is 0. The Kier molecular flexibility index (Phi) is 2.81. The molecule has 0 bridgehead atoms. The molecule has 0 aliphatic heterocycles. The Bertz CT molecular complexity index is 429. The molecule has 1 aliphatic carbocycles. The Morgan fingerprint density at radius 2 is 2.25 bits per heavy atom. The van der Waals surface area contributed by atoms with Crippen LogP contribution in [-0.4, -0.2) is 12.0 Å². The van der Waals surface area contributed by atoms with E-state index in [2.05, 4.69) is 6.92 Å². The van der Waals surface area contributed by atoms with Crippen LogP contribution in [-0.2, 0) is 6.42 Å². The van der Waals surface area contributed by atoms with Crippen LogP contribution in [0, 0.1) is 10.1 Å². The maximum Gasteiger partial charge on any atom is 0.311 e. The van der Waals surface area contributed by atoms with Crippen molar-refractivity contribution in [3.63, 3.8) is 0 Å². The molecule has 0 amide bonds. The Morgan fingerprint density at radius 3 is 2.88 bits per heavy atom. The molecule has 0 saturated carbocycles. The van der Waals surface area contributed by atoms with E-state index in [1.807, 2.05) is 6.07 Å². The summed E-state index contributed by atoms with van der Waals surface area (Å²) in [6.45, 7) is 2.12. The Morgan fingerprint density at radius 1 is 1.50 bits per heavy atom. The van der Waals surface area contributed by atoms with Crippen LogP contribution in [0.1, 0.15) is 36.8 Å². The molecule has 0 radical (unpaired) electrons. The fourth-order valence-electron chi connectivity index (χ4n) is 2.36. The highest BCUT2D eigenvalue weighted by atomic mass is 16.6. The summed E-state index contributed by atoms with van der Waals surface area (Å²) in [6.07, 6.45) is 3.25. The van der Waals surface area contributed by atoms with E-state index in [0.29, 0.717) is 11.7 Å². The van der Waals surface area contributed by atoms with Crippen LogP contribution in [0.15, 0.2) is 12.1 Å². The number of ether oxygens (including phenoxy) is 1. The second-order valence-electron chi connectivity index (χ2n) is 4.27. The molecule has 1 atom stereocenters. The van der Waals surface area contributed by atoms with Crippen LogP contribution >= 0.6 is 0 Å². The van der Waals surface area contributed by atoms with Gasteiger partial charge in [-0.2, -0.15) is 0 Å². The van der Waals surface area contributed by atoms with E-state index in [1.165, 1.54) is 12.7 Å². The van der Waals surface area contributed by atoms with Gasteiger partial charge in [0.25, 0.3) is 0 Å². The fourth-order valence-corrected chi connectivity index (χ4v) is 2.36. The van der Waals surface area contributed by atoms with Crippen molar-refractivity contribution < 1.29 is 9.66 Å². The van der Waals surface area contributed by atoms with Gasteiger partial charge in [-0.15, -0.1) is 0 Å². The number of benzene rings is 1. The van der Waals surface area contributed by atoms with Crippen molar-refractivity contribution in [2.24, 2.45) is 0 Å². The average Bonchev–Trinajstić information content (AvgIpc) is 2.27. The number of hydrogen-bond donors (Lipinski definition) is 0. The van der Waals surface area contributed by atoms with Gasteiger partial charge in [-0.25, -0.2) is 0 Å². The van der Waals surface area contributed by atoms with E-state index >= 15 is 0 Å². The van der Waals surface area contributed by atoms with Crippen molar-refractivity contribution in [1.29, 1.82) is 0 Å². The Balaban J connectivity index is 2.55. The van der Waals surface area contributed by atoms with Crippen molar-refractivity contribution >= 4 is 5.69 Å². The number of rotatable bonds is 2. The monoisotopic (exact) mass is 221 g/mol. The van der Waals surface area contributed by atoms with Gasteiger partial charge >= 0.3 is 5.69 Å². The van der Waals surface area contributed by atoms with Gasteiger partial charge in [0.15, 0.2) is 5.75 Å². The van der Waals surface area contributed by atoms with Gasteiger partial charge in [-0.1, -0.05) is 6.92 Å². The average molecular weight is 221 g/mol. The fraction of sp³-hybridized carbons (Fsp3) is 0.500. The highest BCUT2D eigenvalue weighted by Gasteiger charge is 2.23. The number of methoxy groups -OCH3 is 1. The van der Waals surface area contributed by atoms with E-state index in [9.17, 15) is 10.1 Å². The second kappa shape index (κ2) is 4.12. The summed E-state index contributed by atoms with van der Waals surface area (Å²) in [4.78, 5) is 10.5. The number of nitrogens with zero attached hydrogens (tertiary/aromatic N) is 1. The molecule has 0 spiro atoms. The SMILES string of the molecule is COc1cc2c(cc1[N+](=O)[O-])C(C)CCC2. The van der Waals surface area contributed by atoms with Gasteiger partial charge in [-0.05, 0) is 42.4 Å². The van der Waals surface area contributed by atoms with Gasteiger partial charge in [0.2, 0.25) is 0 Å². The minimum Gasteiger partial charge on any atom is -0.490 e. The van der Waals surface area contributed by atoms with Crippen LogP contribution in [0.2, 0.25) is 0 Å². The number of aryl methyl sites for hydroxylation is 1. The summed E-state index contributed by atoms with van der Waals surface area (Å²) in [5.74, 6) is 0.784. The predicted octanol–water partition coefficient (Wildman–Crippen LogP) is 3.04. The molecule has 0 saturated heterocycles.